The Morgan fingerprint density at radius 3 is 2.62 bits per heavy atom. The Bertz CT molecular complexity index is 1000. The summed E-state index contributed by atoms with van der Waals surface area (Å²) >= 11 is 16.8. The molecule has 122 valence electrons. The molecule has 0 radical (unpaired) electrons. The number of halogens is 3. The predicted octanol–water partition coefficient (Wildman–Crippen LogP) is 5.70. The molecule has 0 saturated carbocycles. The molecule has 1 aromatic heterocycles. The van der Waals surface area contributed by atoms with Crippen LogP contribution in [-0.2, 0) is 6.54 Å². The molecule has 3 rings (SSSR count). The summed E-state index contributed by atoms with van der Waals surface area (Å²) in [6.07, 6.45) is 1.77. The largest absolute Gasteiger partial charge is 0.312 e. The van der Waals surface area contributed by atoms with Crippen molar-refractivity contribution in [1.29, 1.82) is 0 Å². The fourth-order valence-electron chi connectivity index (χ4n) is 2.27. The first-order valence-electron chi connectivity index (χ1n) is 6.93. The van der Waals surface area contributed by atoms with E-state index in [4.69, 9.17) is 23.2 Å². The Hall–Kier alpha value is -1.40. The van der Waals surface area contributed by atoms with E-state index in [0.29, 0.717) is 27.0 Å². The van der Waals surface area contributed by atoms with Crippen molar-refractivity contribution in [3.05, 3.63) is 73.9 Å². The van der Waals surface area contributed by atoms with Crippen LogP contribution < -0.4 is 4.80 Å². The van der Waals surface area contributed by atoms with Crippen molar-refractivity contribution in [2.75, 3.05) is 0 Å². The van der Waals surface area contributed by atoms with Crippen molar-refractivity contribution in [3.8, 4) is 0 Å². The molecule has 0 aliphatic carbocycles. The molecule has 0 saturated heterocycles. The fourth-order valence-corrected chi connectivity index (χ4v) is 4.38. The molecule has 0 unspecified atom stereocenters. The van der Waals surface area contributed by atoms with E-state index in [2.05, 4.69) is 27.5 Å². The third-order valence-corrected chi connectivity index (χ3v) is 5.23. The van der Waals surface area contributed by atoms with Gasteiger partial charge in [-0.25, -0.2) is 0 Å². The third-order valence-electron chi connectivity index (χ3n) is 3.26. The molecule has 3 aromatic rings. The second-order valence-corrected chi connectivity index (χ2v) is 7.77. The zero-order valence-electron chi connectivity index (χ0n) is 12.3. The van der Waals surface area contributed by atoms with Gasteiger partial charge in [-0.15, -0.1) is 6.58 Å². The van der Waals surface area contributed by atoms with Gasteiger partial charge in [0.2, 0.25) is 0 Å². The standard InChI is InChI=1S/C17H11BrCl2N2OS/c1-2-5-22-14-4-3-11(18)8-15(14)24-17(22)21-16(23)10-6-12(19)9-13(20)7-10/h2-4,6-9H,1,5H2. The van der Waals surface area contributed by atoms with Crippen LogP contribution in [0.4, 0.5) is 0 Å². The highest BCUT2D eigenvalue weighted by atomic mass is 79.9. The van der Waals surface area contributed by atoms with Crippen LogP contribution in [0.3, 0.4) is 0 Å². The van der Waals surface area contributed by atoms with Gasteiger partial charge in [0.15, 0.2) is 4.80 Å². The van der Waals surface area contributed by atoms with Gasteiger partial charge < -0.3 is 4.57 Å². The minimum atomic E-state index is -0.386. The van der Waals surface area contributed by atoms with Crippen molar-refractivity contribution in [2.45, 2.75) is 6.54 Å². The molecule has 2 aromatic carbocycles. The minimum Gasteiger partial charge on any atom is -0.312 e. The molecule has 0 fully saturated rings. The lowest BCUT2D eigenvalue weighted by molar-refractivity contribution is 0.0998. The van der Waals surface area contributed by atoms with Gasteiger partial charge in [-0.05, 0) is 36.4 Å². The van der Waals surface area contributed by atoms with Crippen molar-refractivity contribution in [3.63, 3.8) is 0 Å². The van der Waals surface area contributed by atoms with Crippen LogP contribution in [0, 0.1) is 0 Å². The summed E-state index contributed by atoms with van der Waals surface area (Å²) < 4.78 is 3.95. The van der Waals surface area contributed by atoms with Gasteiger partial charge in [0, 0.05) is 26.6 Å². The van der Waals surface area contributed by atoms with Crippen molar-refractivity contribution >= 4 is 66.6 Å². The first kappa shape index (κ1) is 17.4. The van der Waals surface area contributed by atoms with E-state index in [1.807, 2.05) is 22.8 Å². The highest BCUT2D eigenvalue weighted by Gasteiger charge is 2.10. The predicted molar refractivity (Wildman–Crippen MR) is 104 cm³/mol. The van der Waals surface area contributed by atoms with E-state index >= 15 is 0 Å². The number of amides is 1. The Kier molecular flexibility index (Phi) is 5.25. The lowest BCUT2D eigenvalue weighted by atomic mass is 10.2. The number of allylic oxidation sites excluding steroid dienone is 1. The van der Waals surface area contributed by atoms with Gasteiger partial charge in [-0.1, -0.05) is 56.5 Å². The van der Waals surface area contributed by atoms with Gasteiger partial charge >= 0.3 is 0 Å². The van der Waals surface area contributed by atoms with Crippen LogP contribution in [0.2, 0.25) is 10.0 Å². The van der Waals surface area contributed by atoms with E-state index in [0.717, 1.165) is 14.7 Å². The maximum Gasteiger partial charge on any atom is 0.279 e. The van der Waals surface area contributed by atoms with Gasteiger partial charge in [0.05, 0.1) is 10.2 Å². The van der Waals surface area contributed by atoms with Gasteiger partial charge in [0.25, 0.3) is 5.91 Å². The molecule has 0 aliphatic heterocycles. The Morgan fingerprint density at radius 1 is 1.25 bits per heavy atom. The molecule has 3 nitrogen and oxygen atoms in total. The number of aromatic nitrogens is 1. The Morgan fingerprint density at radius 2 is 1.96 bits per heavy atom. The second kappa shape index (κ2) is 7.23. The van der Waals surface area contributed by atoms with Crippen LogP contribution in [0.1, 0.15) is 10.4 Å². The highest BCUT2D eigenvalue weighted by Crippen LogP contribution is 2.23. The summed E-state index contributed by atoms with van der Waals surface area (Å²) in [5.41, 5.74) is 1.36. The average molecular weight is 442 g/mol. The monoisotopic (exact) mass is 440 g/mol. The van der Waals surface area contributed by atoms with E-state index < -0.39 is 0 Å². The average Bonchev–Trinajstić information content (AvgIpc) is 2.83. The number of hydrogen-bond acceptors (Lipinski definition) is 2. The minimum absolute atomic E-state index is 0.358. The number of carbonyl (C=O) groups excluding carboxylic acids is 1. The molecule has 1 amide bonds. The normalized spacial score (nSPS) is 11.9. The van der Waals surface area contributed by atoms with Crippen LogP contribution in [0.15, 0.2) is 58.5 Å². The second-order valence-electron chi connectivity index (χ2n) is 4.97. The van der Waals surface area contributed by atoms with E-state index in [1.165, 1.54) is 11.3 Å². The quantitative estimate of drug-likeness (QED) is 0.480. The molecule has 7 heteroatoms. The summed E-state index contributed by atoms with van der Waals surface area (Å²) in [5, 5.41) is 0.806. The summed E-state index contributed by atoms with van der Waals surface area (Å²) in [6, 6.07) is 10.6. The van der Waals surface area contributed by atoms with E-state index in [1.54, 1.807) is 24.3 Å². The van der Waals surface area contributed by atoms with Gasteiger partial charge in [-0.3, -0.25) is 4.79 Å². The number of hydrogen-bond donors (Lipinski definition) is 0. The molecule has 0 spiro atoms. The molecule has 0 N–H and O–H groups in total. The maximum atomic E-state index is 12.5. The molecule has 0 aliphatic rings. The van der Waals surface area contributed by atoms with Crippen LogP contribution >= 0.6 is 50.5 Å². The van der Waals surface area contributed by atoms with Crippen molar-refractivity contribution in [1.82, 2.24) is 4.57 Å². The van der Waals surface area contributed by atoms with Gasteiger partial charge in [0.1, 0.15) is 0 Å². The first-order valence-corrected chi connectivity index (χ1v) is 9.29. The van der Waals surface area contributed by atoms with Crippen molar-refractivity contribution < 1.29 is 4.79 Å². The Balaban J connectivity index is 2.16. The fraction of sp³-hybridized carbons (Fsp3) is 0.0588. The lowest BCUT2D eigenvalue weighted by Gasteiger charge is -2.01. The molecule has 24 heavy (non-hydrogen) atoms. The number of fused-ring (bicyclic) bond motifs is 1. The zero-order chi connectivity index (χ0) is 17.3. The van der Waals surface area contributed by atoms with E-state index in [9.17, 15) is 4.79 Å². The smallest absolute Gasteiger partial charge is 0.279 e. The number of benzene rings is 2. The maximum absolute atomic E-state index is 12.5. The molecular weight excluding hydrogens is 431 g/mol. The third kappa shape index (κ3) is 3.64. The number of thiazole rings is 1. The highest BCUT2D eigenvalue weighted by molar-refractivity contribution is 9.10. The van der Waals surface area contributed by atoms with E-state index in [-0.39, 0.29) is 5.91 Å². The number of rotatable bonds is 3. The molecular formula is C17H11BrCl2N2OS. The number of nitrogens with zero attached hydrogens (tertiary/aromatic N) is 2. The van der Waals surface area contributed by atoms with Crippen molar-refractivity contribution in [2.24, 2.45) is 4.99 Å². The summed E-state index contributed by atoms with van der Waals surface area (Å²) in [4.78, 5) is 17.4. The molecule has 1 heterocycles. The summed E-state index contributed by atoms with van der Waals surface area (Å²) in [6.45, 7) is 4.33. The Labute approximate surface area is 161 Å². The van der Waals surface area contributed by atoms with Crippen LogP contribution in [0.25, 0.3) is 10.2 Å². The SMILES string of the molecule is C=CCn1c(=NC(=O)c2cc(Cl)cc(Cl)c2)sc2cc(Br)ccc21. The van der Waals surface area contributed by atoms with Crippen LogP contribution in [0.5, 0.6) is 0 Å². The first-order chi connectivity index (χ1) is 11.5. The van der Waals surface area contributed by atoms with Gasteiger partial charge in [-0.2, -0.15) is 4.99 Å². The lowest BCUT2D eigenvalue weighted by Crippen LogP contribution is -2.16. The van der Waals surface area contributed by atoms with Crippen LogP contribution in [-0.4, -0.2) is 10.5 Å². The summed E-state index contributed by atoms with van der Waals surface area (Å²) in [5.74, 6) is -0.386. The topological polar surface area (TPSA) is 34.4 Å². The molecule has 0 atom stereocenters. The summed E-state index contributed by atoms with van der Waals surface area (Å²) in [7, 11) is 0. The molecule has 0 bridgehead atoms. The number of carbonyl (C=O) groups is 1. The zero-order valence-corrected chi connectivity index (χ0v) is 16.2.